The number of piperidine rings is 1. The minimum Gasteiger partial charge on any atom is -0.484 e. The number of ether oxygens (including phenoxy) is 1. The number of nitrogens with zero attached hydrogens (tertiary/aromatic N) is 5. The standard InChI is InChI=1S/C21H27N5O3/c1-13(2)19-20(14(3)5-8-23-19)29-15(4)17-12-24-26(18(17)11-22)16-6-9-25(10-7-16)21(27)28/h5,8,12-13,15-16H,6-7,9-10H2,1-4H3,(H,27,28). The quantitative estimate of drug-likeness (QED) is 0.816. The first-order chi connectivity index (χ1) is 13.8. The first-order valence-corrected chi connectivity index (χ1v) is 9.91. The van der Waals surface area contributed by atoms with E-state index in [9.17, 15) is 10.1 Å². The van der Waals surface area contributed by atoms with E-state index in [4.69, 9.17) is 9.84 Å². The number of nitriles is 1. The molecule has 0 bridgehead atoms. The average molecular weight is 397 g/mol. The molecule has 0 aliphatic carbocycles. The number of hydrogen-bond acceptors (Lipinski definition) is 5. The molecule has 154 valence electrons. The van der Waals surface area contributed by atoms with Crippen LogP contribution in [0.15, 0.2) is 18.5 Å². The third kappa shape index (κ3) is 4.19. The summed E-state index contributed by atoms with van der Waals surface area (Å²) >= 11 is 0. The van der Waals surface area contributed by atoms with Gasteiger partial charge in [0.05, 0.1) is 17.9 Å². The van der Waals surface area contributed by atoms with E-state index >= 15 is 0 Å². The van der Waals surface area contributed by atoms with Crippen LogP contribution in [0.3, 0.4) is 0 Å². The average Bonchev–Trinajstić information content (AvgIpc) is 3.13. The summed E-state index contributed by atoms with van der Waals surface area (Å²) in [5.41, 5.74) is 3.09. The van der Waals surface area contributed by atoms with Crippen LogP contribution in [0.5, 0.6) is 5.75 Å². The lowest BCUT2D eigenvalue weighted by atomic mass is 10.0. The first kappa shape index (κ1) is 20.6. The highest BCUT2D eigenvalue weighted by Gasteiger charge is 2.28. The number of amides is 1. The zero-order valence-electron chi connectivity index (χ0n) is 17.3. The molecule has 3 heterocycles. The molecule has 1 atom stereocenters. The topological polar surface area (TPSA) is 104 Å². The van der Waals surface area contributed by atoms with E-state index in [0.717, 1.165) is 22.6 Å². The van der Waals surface area contributed by atoms with Gasteiger partial charge in [-0.2, -0.15) is 10.4 Å². The van der Waals surface area contributed by atoms with Crippen LogP contribution in [-0.4, -0.2) is 44.0 Å². The largest absolute Gasteiger partial charge is 0.484 e. The van der Waals surface area contributed by atoms with Gasteiger partial charge in [-0.25, -0.2) is 4.79 Å². The molecule has 8 heteroatoms. The van der Waals surface area contributed by atoms with Crippen molar-refractivity contribution in [3.05, 3.63) is 41.0 Å². The fraction of sp³-hybridized carbons (Fsp3) is 0.524. The molecule has 1 unspecified atom stereocenters. The Morgan fingerprint density at radius 1 is 1.34 bits per heavy atom. The molecule has 1 saturated heterocycles. The summed E-state index contributed by atoms with van der Waals surface area (Å²) in [6.45, 7) is 8.92. The number of aromatic nitrogens is 3. The second-order valence-corrected chi connectivity index (χ2v) is 7.76. The fourth-order valence-electron chi connectivity index (χ4n) is 3.74. The lowest BCUT2D eigenvalue weighted by molar-refractivity contribution is 0.123. The van der Waals surface area contributed by atoms with Gasteiger partial charge in [-0.05, 0) is 44.2 Å². The highest BCUT2D eigenvalue weighted by atomic mass is 16.5. The predicted molar refractivity (Wildman–Crippen MR) is 107 cm³/mol. The summed E-state index contributed by atoms with van der Waals surface area (Å²) in [4.78, 5) is 17.0. The number of likely N-dealkylation sites (tertiary alicyclic amines) is 1. The molecule has 1 amide bonds. The Hall–Kier alpha value is -3.08. The molecule has 2 aromatic heterocycles. The molecule has 1 aliphatic heterocycles. The zero-order valence-corrected chi connectivity index (χ0v) is 17.3. The van der Waals surface area contributed by atoms with E-state index in [1.54, 1.807) is 17.1 Å². The Labute approximate surface area is 170 Å². The molecule has 1 N–H and O–H groups in total. The van der Waals surface area contributed by atoms with Crippen molar-refractivity contribution >= 4 is 6.09 Å². The van der Waals surface area contributed by atoms with E-state index < -0.39 is 6.09 Å². The van der Waals surface area contributed by atoms with Gasteiger partial charge in [-0.1, -0.05) is 13.8 Å². The van der Waals surface area contributed by atoms with Gasteiger partial charge in [0.1, 0.15) is 23.6 Å². The molecule has 3 rings (SSSR count). The summed E-state index contributed by atoms with van der Waals surface area (Å²) in [7, 11) is 0. The molecule has 0 radical (unpaired) electrons. The van der Waals surface area contributed by atoms with E-state index in [1.807, 2.05) is 19.9 Å². The summed E-state index contributed by atoms with van der Waals surface area (Å²) in [5, 5.41) is 23.4. The summed E-state index contributed by atoms with van der Waals surface area (Å²) in [6, 6.07) is 4.19. The summed E-state index contributed by atoms with van der Waals surface area (Å²) in [6.07, 6.45) is 3.48. The summed E-state index contributed by atoms with van der Waals surface area (Å²) < 4.78 is 7.99. The number of carbonyl (C=O) groups is 1. The molecule has 0 spiro atoms. The monoisotopic (exact) mass is 397 g/mol. The van der Waals surface area contributed by atoms with Crippen LogP contribution >= 0.6 is 0 Å². The van der Waals surface area contributed by atoms with Crippen molar-refractivity contribution in [3.63, 3.8) is 0 Å². The SMILES string of the molecule is Cc1ccnc(C(C)C)c1OC(C)c1cnn(C2CCN(C(=O)O)CC2)c1C#N. The van der Waals surface area contributed by atoms with Gasteiger partial charge in [0.2, 0.25) is 0 Å². The lowest BCUT2D eigenvalue weighted by Crippen LogP contribution is -2.38. The molecule has 1 aliphatic rings. The van der Waals surface area contributed by atoms with Crippen LogP contribution < -0.4 is 4.74 Å². The van der Waals surface area contributed by atoms with Crippen molar-refractivity contribution < 1.29 is 14.6 Å². The maximum atomic E-state index is 11.1. The third-order valence-corrected chi connectivity index (χ3v) is 5.42. The van der Waals surface area contributed by atoms with Crippen LogP contribution in [0.2, 0.25) is 0 Å². The second-order valence-electron chi connectivity index (χ2n) is 7.76. The van der Waals surface area contributed by atoms with Gasteiger partial charge in [0.25, 0.3) is 0 Å². The molecular formula is C21H27N5O3. The smallest absolute Gasteiger partial charge is 0.407 e. The normalized spacial score (nSPS) is 15.9. The Bertz CT molecular complexity index is 923. The minimum atomic E-state index is -0.903. The highest BCUT2D eigenvalue weighted by Crippen LogP contribution is 2.33. The Morgan fingerprint density at radius 3 is 2.62 bits per heavy atom. The summed E-state index contributed by atoms with van der Waals surface area (Å²) in [5.74, 6) is 0.969. The molecule has 29 heavy (non-hydrogen) atoms. The Balaban J connectivity index is 1.83. The number of rotatable bonds is 5. The van der Waals surface area contributed by atoms with Crippen molar-refractivity contribution in [1.82, 2.24) is 19.7 Å². The van der Waals surface area contributed by atoms with Crippen LogP contribution in [0, 0.1) is 18.3 Å². The lowest BCUT2D eigenvalue weighted by Gasteiger charge is -2.30. The second kappa shape index (κ2) is 8.52. The molecule has 0 aromatic carbocycles. The third-order valence-electron chi connectivity index (χ3n) is 5.42. The van der Waals surface area contributed by atoms with Gasteiger partial charge < -0.3 is 14.7 Å². The first-order valence-electron chi connectivity index (χ1n) is 9.91. The van der Waals surface area contributed by atoms with Crippen LogP contribution in [-0.2, 0) is 0 Å². The van der Waals surface area contributed by atoms with Gasteiger partial charge in [0.15, 0.2) is 0 Å². The van der Waals surface area contributed by atoms with Gasteiger partial charge in [-0.15, -0.1) is 0 Å². The predicted octanol–water partition coefficient (Wildman–Crippen LogP) is 4.04. The van der Waals surface area contributed by atoms with Crippen molar-refractivity contribution in [3.8, 4) is 11.8 Å². The van der Waals surface area contributed by atoms with Crippen molar-refractivity contribution in [1.29, 1.82) is 5.26 Å². The number of aryl methyl sites for hydroxylation is 1. The number of carboxylic acid groups (broad SMARTS) is 1. The maximum Gasteiger partial charge on any atom is 0.407 e. The van der Waals surface area contributed by atoms with Gasteiger partial charge in [-0.3, -0.25) is 9.67 Å². The van der Waals surface area contributed by atoms with Crippen molar-refractivity contribution in [2.45, 2.75) is 58.6 Å². The van der Waals surface area contributed by atoms with Gasteiger partial charge in [0, 0.05) is 24.8 Å². The fourth-order valence-corrected chi connectivity index (χ4v) is 3.74. The molecule has 0 saturated carbocycles. The van der Waals surface area contributed by atoms with Crippen LogP contribution in [0.25, 0.3) is 0 Å². The van der Waals surface area contributed by atoms with Crippen LogP contribution in [0.1, 0.15) is 74.2 Å². The Kier molecular flexibility index (Phi) is 6.06. The van der Waals surface area contributed by atoms with Gasteiger partial charge >= 0.3 is 6.09 Å². The van der Waals surface area contributed by atoms with E-state index in [2.05, 4.69) is 30.0 Å². The number of pyridine rings is 1. The molecule has 1 fully saturated rings. The van der Waals surface area contributed by atoms with Crippen LogP contribution in [0.4, 0.5) is 4.79 Å². The molecular weight excluding hydrogens is 370 g/mol. The Morgan fingerprint density at radius 2 is 2.03 bits per heavy atom. The highest BCUT2D eigenvalue weighted by molar-refractivity contribution is 5.65. The molecule has 8 nitrogen and oxygen atoms in total. The van der Waals surface area contributed by atoms with E-state index in [0.29, 0.717) is 31.6 Å². The number of hydrogen-bond donors (Lipinski definition) is 1. The zero-order chi connectivity index (χ0) is 21.1. The van der Waals surface area contributed by atoms with Crippen molar-refractivity contribution in [2.24, 2.45) is 0 Å². The molecule has 2 aromatic rings. The van der Waals surface area contributed by atoms with E-state index in [-0.39, 0.29) is 18.1 Å². The van der Waals surface area contributed by atoms with Crippen molar-refractivity contribution in [2.75, 3.05) is 13.1 Å². The minimum absolute atomic E-state index is 0.00699. The van der Waals surface area contributed by atoms with E-state index in [1.165, 1.54) is 4.90 Å². The maximum absolute atomic E-state index is 11.1.